The van der Waals surface area contributed by atoms with Crippen molar-refractivity contribution in [3.8, 4) is 5.75 Å². The third-order valence-corrected chi connectivity index (χ3v) is 5.81. The van der Waals surface area contributed by atoms with Crippen LogP contribution in [-0.4, -0.2) is 86.4 Å². The Labute approximate surface area is 156 Å². The summed E-state index contributed by atoms with van der Waals surface area (Å²) >= 11 is 0. The fourth-order valence-corrected chi connectivity index (χ4v) is 4.26. The second-order valence-electron chi connectivity index (χ2n) is 7.82. The third-order valence-electron chi connectivity index (χ3n) is 5.81. The monoisotopic (exact) mass is 365 g/mol. The molecule has 0 bridgehead atoms. The van der Waals surface area contributed by atoms with Gasteiger partial charge in [-0.1, -0.05) is 6.07 Å². The van der Waals surface area contributed by atoms with E-state index >= 15 is 0 Å². The number of halogens is 1. The van der Waals surface area contributed by atoms with Gasteiger partial charge < -0.3 is 19.6 Å². The SMILES string of the molecule is COc1ccc(CN2C[C@@H](CN3CCCN(C)CC3)[C@@H](CO)C2)cc1F. The van der Waals surface area contributed by atoms with Gasteiger partial charge in [-0.3, -0.25) is 4.90 Å². The van der Waals surface area contributed by atoms with Gasteiger partial charge in [-0.05, 0) is 56.1 Å². The first-order chi connectivity index (χ1) is 12.6. The van der Waals surface area contributed by atoms with E-state index in [1.807, 2.05) is 6.07 Å². The summed E-state index contributed by atoms with van der Waals surface area (Å²) in [4.78, 5) is 7.28. The zero-order valence-electron chi connectivity index (χ0n) is 16.0. The molecule has 2 saturated heterocycles. The number of likely N-dealkylation sites (tertiary alicyclic amines) is 1. The predicted octanol–water partition coefficient (Wildman–Crippen LogP) is 1.51. The van der Waals surface area contributed by atoms with Crippen molar-refractivity contribution in [1.29, 1.82) is 0 Å². The fourth-order valence-electron chi connectivity index (χ4n) is 4.26. The molecule has 2 atom stereocenters. The summed E-state index contributed by atoms with van der Waals surface area (Å²) in [7, 11) is 3.67. The van der Waals surface area contributed by atoms with Crippen LogP contribution in [0.25, 0.3) is 0 Å². The van der Waals surface area contributed by atoms with Gasteiger partial charge in [-0.2, -0.15) is 0 Å². The Morgan fingerprint density at radius 1 is 1.12 bits per heavy atom. The van der Waals surface area contributed by atoms with Crippen molar-refractivity contribution in [3.63, 3.8) is 0 Å². The lowest BCUT2D eigenvalue weighted by atomic mass is 9.96. The van der Waals surface area contributed by atoms with Crippen molar-refractivity contribution in [1.82, 2.24) is 14.7 Å². The van der Waals surface area contributed by atoms with Crippen LogP contribution < -0.4 is 4.74 Å². The molecule has 26 heavy (non-hydrogen) atoms. The molecule has 1 aromatic carbocycles. The molecule has 6 heteroatoms. The quantitative estimate of drug-likeness (QED) is 0.828. The first kappa shape index (κ1) is 19.5. The zero-order valence-corrected chi connectivity index (χ0v) is 16.0. The van der Waals surface area contributed by atoms with E-state index in [1.165, 1.54) is 20.1 Å². The molecule has 2 aliphatic heterocycles. The van der Waals surface area contributed by atoms with Gasteiger partial charge in [-0.15, -0.1) is 0 Å². The van der Waals surface area contributed by atoms with Crippen LogP contribution >= 0.6 is 0 Å². The largest absolute Gasteiger partial charge is 0.494 e. The highest BCUT2D eigenvalue weighted by molar-refractivity contribution is 5.29. The molecule has 5 nitrogen and oxygen atoms in total. The highest BCUT2D eigenvalue weighted by atomic mass is 19.1. The second kappa shape index (κ2) is 9.13. The highest BCUT2D eigenvalue weighted by Gasteiger charge is 2.33. The van der Waals surface area contributed by atoms with Gasteiger partial charge in [0.05, 0.1) is 7.11 Å². The van der Waals surface area contributed by atoms with Gasteiger partial charge in [0.15, 0.2) is 11.6 Å². The average Bonchev–Trinajstić information content (AvgIpc) is 2.88. The minimum Gasteiger partial charge on any atom is -0.494 e. The Balaban J connectivity index is 1.57. The summed E-state index contributed by atoms with van der Waals surface area (Å²) in [6, 6.07) is 5.17. The summed E-state index contributed by atoms with van der Waals surface area (Å²) < 4.78 is 18.9. The number of hydrogen-bond acceptors (Lipinski definition) is 5. The molecular weight excluding hydrogens is 333 g/mol. The Kier molecular flexibility index (Phi) is 6.86. The summed E-state index contributed by atoms with van der Waals surface area (Å²) in [6.07, 6.45) is 1.21. The fraction of sp³-hybridized carbons (Fsp3) is 0.700. The first-order valence-corrected chi connectivity index (χ1v) is 9.65. The van der Waals surface area contributed by atoms with Crippen LogP contribution in [0.3, 0.4) is 0 Å². The van der Waals surface area contributed by atoms with E-state index in [4.69, 9.17) is 4.74 Å². The van der Waals surface area contributed by atoms with E-state index in [0.29, 0.717) is 11.8 Å². The molecule has 1 N–H and O–H groups in total. The van der Waals surface area contributed by atoms with Crippen molar-refractivity contribution in [2.75, 3.05) is 66.6 Å². The first-order valence-electron chi connectivity index (χ1n) is 9.65. The Hall–Kier alpha value is -1.21. The third kappa shape index (κ3) is 4.94. The lowest BCUT2D eigenvalue weighted by Gasteiger charge is -2.26. The minimum absolute atomic E-state index is 0.228. The molecule has 0 spiro atoms. The van der Waals surface area contributed by atoms with E-state index < -0.39 is 0 Å². The lowest BCUT2D eigenvalue weighted by molar-refractivity contribution is 0.165. The number of likely N-dealkylation sites (N-methyl/N-ethyl adjacent to an activating group) is 1. The van der Waals surface area contributed by atoms with Gasteiger partial charge >= 0.3 is 0 Å². The van der Waals surface area contributed by atoms with Gasteiger partial charge in [0.1, 0.15) is 0 Å². The standard InChI is InChI=1S/C20H32FN3O2/c1-22-6-3-7-23(9-8-22)12-17-13-24(14-18(17)15-25)11-16-4-5-20(26-2)19(21)10-16/h4-5,10,17-18,25H,3,6-9,11-15H2,1-2H3/t17-,18-/m1/s1. The maximum atomic E-state index is 13.9. The Bertz CT molecular complexity index is 586. The van der Waals surface area contributed by atoms with Crippen molar-refractivity contribution < 1.29 is 14.2 Å². The predicted molar refractivity (Wildman–Crippen MR) is 101 cm³/mol. The molecule has 0 amide bonds. The normalized spacial score (nSPS) is 26.2. The maximum absolute atomic E-state index is 13.9. The van der Waals surface area contributed by atoms with Gasteiger partial charge in [0, 0.05) is 45.9 Å². The average molecular weight is 365 g/mol. The minimum atomic E-state index is -0.312. The van der Waals surface area contributed by atoms with Crippen molar-refractivity contribution in [2.45, 2.75) is 13.0 Å². The Morgan fingerprint density at radius 2 is 1.92 bits per heavy atom. The number of methoxy groups -OCH3 is 1. The summed E-state index contributed by atoms with van der Waals surface area (Å²) in [5.41, 5.74) is 0.956. The molecular formula is C20H32FN3O2. The summed E-state index contributed by atoms with van der Waals surface area (Å²) in [5, 5.41) is 9.83. The molecule has 0 saturated carbocycles. The van der Waals surface area contributed by atoms with Crippen molar-refractivity contribution >= 4 is 0 Å². The van der Waals surface area contributed by atoms with Crippen molar-refractivity contribution in [2.24, 2.45) is 11.8 Å². The molecule has 0 aromatic heterocycles. The van der Waals surface area contributed by atoms with Crippen molar-refractivity contribution in [3.05, 3.63) is 29.6 Å². The molecule has 0 unspecified atom stereocenters. The van der Waals surface area contributed by atoms with Gasteiger partial charge in [0.25, 0.3) is 0 Å². The number of aliphatic hydroxyl groups is 1. The van der Waals surface area contributed by atoms with Crippen LogP contribution in [0.15, 0.2) is 18.2 Å². The van der Waals surface area contributed by atoms with E-state index in [0.717, 1.165) is 51.4 Å². The second-order valence-corrected chi connectivity index (χ2v) is 7.82. The molecule has 3 rings (SSSR count). The lowest BCUT2D eigenvalue weighted by Crippen LogP contribution is -2.36. The highest BCUT2D eigenvalue weighted by Crippen LogP contribution is 2.27. The number of nitrogens with zero attached hydrogens (tertiary/aromatic N) is 3. The summed E-state index contributed by atoms with van der Waals surface area (Å²) in [5.74, 6) is 0.756. The molecule has 2 aliphatic rings. The van der Waals surface area contributed by atoms with Crippen LogP contribution in [0.1, 0.15) is 12.0 Å². The van der Waals surface area contributed by atoms with Crippen LogP contribution in [0.5, 0.6) is 5.75 Å². The maximum Gasteiger partial charge on any atom is 0.165 e. The number of rotatable bonds is 6. The summed E-state index contributed by atoms with van der Waals surface area (Å²) in [6.45, 7) is 8.37. The topological polar surface area (TPSA) is 39.2 Å². The molecule has 0 aliphatic carbocycles. The Morgan fingerprint density at radius 3 is 2.65 bits per heavy atom. The molecule has 2 heterocycles. The number of benzene rings is 1. The molecule has 0 radical (unpaired) electrons. The van der Waals surface area contributed by atoms with E-state index in [9.17, 15) is 9.50 Å². The number of ether oxygens (including phenoxy) is 1. The van der Waals surface area contributed by atoms with Crippen LogP contribution in [0.2, 0.25) is 0 Å². The van der Waals surface area contributed by atoms with E-state index in [2.05, 4.69) is 21.7 Å². The molecule has 146 valence electrons. The number of aliphatic hydroxyl groups excluding tert-OH is 1. The van der Waals surface area contributed by atoms with E-state index in [-0.39, 0.29) is 18.2 Å². The smallest absolute Gasteiger partial charge is 0.165 e. The molecule has 1 aromatic rings. The van der Waals surface area contributed by atoms with Gasteiger partial charge in [-0.25, -0.2) is 4.39 Å². The van der Waals surface area contributed by atoms with E-state index in [1.54, 1.807) is 12.1 Å². The zero-order chi connectivity index (χ0) is 18.5. The number of hydrogen-bond donors (Lipinski definition) is 1. The van der Waals surface area contributed by atoms with Crippen LogP contribution in [-0.2, 0) is 6.54 Å². The van der Waals surface area contributed by atoms with Gasteiger partial charge in [0.2, 0.25) is 0 Å². The van der Waals surface area contributed by atoms with Crippen LogP contribution in [0.4, 0.5) is 4.39 Å². The molecule has 2 fully saturated rings. The van der Waals surface area contributed by atoms with Crippen LogP contribution in [0, 0.1) is 17.7 Å².